The van der Waals surface area contributed by atoms with Crippen LogP contribution < -0.4 is 10.5 Å². The van der Waals surface area contributed by atoms with E-state index in [9.17, 15) is 4.79 Å². The highest BCUT2D eigenvalue weighted by atomic mass is 35.5. The number of nitrogens with two attached hydrogens (primary N) is 1. The molecule has 1 aromatic carbocycles. The van der Waals surface area contributed by atoms with Crippen molar-refractivity contribution in [1.82, 2.24) is 0 Å². The zero-order chi connectivity index (χ0) is 14.1. The molecule has 19 heavy (non-hydrogen) atoms. The Bertz CT molecular complexity index is 386. The van der Waals surface area contributed by atoms with Crippen LogP contribution in [0.25, 0.3) is 0 Å². The summed E-state index contributed by atoms with van der Waals surface area (Å²) in [7, 11) is 0. The van der Waals surface area contributed by atoms with E-state index in [4.69, 9.17) is 26.8 Å². The summed E-state index contributed by atoms with van der Waals surface area (Å²) in [6, 6.07) is 6.62. The van der Waals surface area contributed by atoms with E-state index in [0.717, 1.165) is 11.5 Å². The monoisotopic (exact) mass is 303 g/mol. The van der Waals surface area contributed by atoms with Crippen molar-refractivity contribution in [2.24, 2.45) is 5.73 Å². The van der Waals surface area contributed by atoms with Gasteiger partial charge in [-0.05, 0) is 31.2 Å². The Morgan fingerprint density at radius 1 is 1.42 bits per heavy atom. The van der Waals surface area contributed by atoms with Gasteiger partial charge in [-0.25, -0.2) is 0 Å². The van der Waals surface area contributed by atoms with E-state index in [1.807, 2.05) is 12.1 Å². The van der Waals surface area contributed by atoms with Crippen molar-refractivity contribution in [3.05, 3.63) is 29.3 Å². The van der Waals surface area contributed by atoms with Crippen LogP contribution in [0.15, 0.2) is 24.3 Å². The van der Waals surface area contributed by atoms with Gasteiger partial charge in [0.15, 0.2) is 0 Å². The molecule has 0 spiro atoms. The van der Waals surface area contributed by atoms with Crippen molar-refractivity contribution in [3.63, 3.8) is 0 Å². The highest BCUT2D eigenvalue weighted by molar-refractivity contribution is 7.99. The van der Waals surface area contributed by atoms with Crippen molar-refractivity contribution < 1.29 is 14.3 Å². The largest absolute Gasteiger partial charge is 0.493 e. The number of esters is 1. The van der Waals surface area contributed by atoms with Gasteiger partial charge in [-0.1, -0.05) is 11.6 Å². The molecule has 0 bridgehead atoms. The Hall–Kier alpha value is -0.910. The molecular weight excluding hydrogens is 286 g/mol. The summed E-state index contributed by atoms with van der Waals surface area (Å²) in [4.78, 5) is 11.3. The third kappa shape index (κ3) is 6.71. The molecule has 0 saturated heterocycles. The van der Waals surface area contributed by atoms with Crippen LogP contribution >= 0.6 is 23.4 Å². The first kappa shape index (κ1) is 16.1. The van der Waals surface area contributed by atoms with Crippen molar-refractivity contribution in [3.8, 4) is 5.75 Å². The first-order valence-corrected chi connectivity index (χ1v) is 7.55. The molecule has 6 heteroatoms. The van der Waals surface area contributed by atoms with Gasteiger partial charge in [0.05, 0.1) is 13.2 Å². The number of carbonyl (C=O) groups excluding carboxylic acids is 1. The van der Waals surface area contributed by atoms with Gasteiger partial charge in [-0.2, -0.15) is 11.8 Å². The molecule has 4 nitrogen and oxygen atoms in total. The zero-order valence-corrected chi connectivity index (χ0v) is 12.4. The molecule has 0 fully saturated rings. The second-order valence-corrected chi connectivity index (χ2v) is 5.32. The lowest BCUT2D eigenvalue weighted by molar-refractivity contribution is -0.144. The number of hydrogen-bond donors (Lipinski definition) is 1. The third-order valence-electron chi connectivity index (χ3n) is 2.20. The van der Waals surface area contributed by atoms with Gasteiger partial charge in [0.25, 0.3) is 0 Å². The first-order chi connectivity index (χ1) is 9.13. The molecule has 2 N–H and O–H groups in total. The Labute approximate surface area is 122 Å². The van der Waals surface area contributed by atoms with Crippen LogP contribution in [0.4, 0.5) is 0 Å². The van der Waals surface area contributed by atoms with E-state index in [1.54, 1.807) is 30.8 Å². The van der Waals surface area contributed by atoms with Gasteiger partial charge in [0.2, 0.25) is 0 Å². The minimum atomic E-state index is -0.569. The van der Waals surface area contributed by atoms with Crippen molar-refractivity contribution in [2.75, 3.05) is 24.7 Å². The van der Waals surface area contributed by atoms with Crippen molar-refractivity contribution >= 4 is 29.3 Å². The topological polar surface area (TPSA) is 61.5 Å². The standard InChI is InChI=1S/C13H18ClNO3S/c1-2-17-13(16)12(15)9-19-8-7-18-11-5-3-10(14)4-6-11/h3-6,12H,2,7-9,15H2,1H3. The molecule has 1 rings (SSSR count). The van der Waals surface area contributed by atoms with Gasteiger partial charge in [-0.15, -0.1) is 0 Å². The molecule has 0 heterocycles. The summed E-state index contributed by atoms with van der Waals surface area (Å²) < 4.78 is 10.3. The summed E-state index contributed by atoms with van der Waals surface area (Å²) >= 11 is 7.33. The molecule has 0 aliphatic rings. The number of rotatable bonds is 8. The van der Waals surface area contributed by atoms with Crippen LogP contribution in [0.2, 0.25) is 5.02 Å². The molecular formula is C13H18ClNO3S. The lowest BCUT2D eigenvalue weighted by Crippen LogP contribution is -2.34. The Morgan fingerprint density at radius 3 is 2.74 bits per heavy atom. The molecule has 0 amide bonds. The SMILES string of the molecule is CCOC(=O)C(N)CSCCOc1ccc(Cl)cc1. The fourth-order valence-electron chi connectivity index (χ4n) is 1.28. The number of halogens is 1. The van der Waals surface area contributed by atoms with E-state index in [-0.39, 0.29) is 5.97 Å². The second kappa shape index (κ2) is 9.07. The van der Waals surface area contributed by atoms with Crippen LogP contribution in [0.3, 0.4) is 0 Å². The summed E-state index contributed by atoms with van der Waals surface area (Å²) in [6.45, 7) is 2.68. The highest BCUT2D eigenvalue weighted by Gasteiger charge is 2.13. The minimum Gasteiger partial charge on any atom is -0.493 e. The molecule has 0 aliphatic carbocycles. The van der Waals surface area contributed by atoms with Crippen LogP contribution in [-0.2, 0) is 9.53 Å². The number of ether oxygens (including phenoxy) is 2. The predicted molar refractivity (Wildman–Crippen MR) is 78.9 cm³/mol. The highest BCUT2D eigenvalue weighted by Crippen LogP contribution is 2.15. The van der Waals surface area contributed by atoms with E-state index in [1.165, 1.54) is 0 Å². The number of carbonyl (C=O) groups is 1. The van der Waals surface area contributed by atoms with Gasteiger partial charge in [-0.3, -0.25) is 4.79 Å². The van der Waals surface area contributed by atoms with Crippen LogP contribution in [0, 0.1) is 0 Å². The van der Waals surface area contributed by atoms with E-state index in [0.29, 0.717) is 24.0 Å². The Kier molecular flexibility index (Phi) is 7.70. The average molecular weight is 304 g/mol. The van der Waals surface area contributed by atoms with Crippen molar-refractivity contribution in [2.45, 2.75) is 13.0 Å². The zero-order valence-electron chi connectivity index (χ0n) is 10.8. The summed E-state index contributed by atoms with van der Waals surface area (Å²) in [5.74, 6) is 1.71. The quantitative estimate of drug-likeness (QED) is 0.590. The number of thioether (sulfide) groups is 1. The Morgan fingerprint density at radius 2 is 2.11 bits per heavy atom. The lowest BCUT2D eigenvalue weighted by atomic mass is 10.3. The maximum atomic E-state index is 11.3. The summed E-state index contributed by atoms with van der Waals surface area (Å²) in [5.41, 5.74) is 5.66. The smallest absolute Gasteiger partial charge is 0.323 e. The van der Waals surface area contributed by atoms with Crippen LogP contribution in [-0.4, -0.2) is 36.7 Å². The fraction of sp³-hybridized carbons (Fsp3) is 0.462. The summed E-state index contributed by atoms with van der Waals surface area (Å²) in [6.07, 6.45) is 0. The number of benzene rings is 1. The van der Waals surface area contributed by atoms with Crippen LogP contribution in [0.1, 0.15) is 6.92 Å². The van der Waals surface area contributed by atoms with E-state index < -0.39 is 6.04 Å². The fourth-order valence-corrected chi connectivity index (χ4v) is 2.16. The average Bonchev–Trinajstić information content (AvgIpc) is 2.40. The van der Waals surface area contributed by atoms with Gasteiger partial charge in [0, 0.05) is 16.5 Å². The maximum absolute atomic E-state index is 11.3. The Balaban J connectivity index is 2.11. The van der Waals surface area contributed by atoms with Crippen LogP contribution in [0.5, 0.6) is 5.75 Å². The number of hydrogen-bond acceptors (Lipinski definition) is 5. The molecule has 0 aliphatic heterocycles. The maximum Gasteiger partial charge on any atom is 0.323 e. The first-order valence-electron chi connectivity index (χ1n) is 6.01. The van der Waals surface area contributed by atoms with Gasteiger partial charge < -0.3 is 15.2 Å². The third-order valence-corrected chi connectivity index (χ3v) is 3.50. The van der Waals surface area contributed by atoms with Crippen molar-refractivity contribution in [1.29, 1.82) is 0 Å². The molecule has 0 saturated carbocycles. The molecule has 106 valence electrons. The predicted octanol–water partition coefficient (Wildman–Crippen LogP) is 2.34. The van der Waals surface area contributed by atoms with E-state index >= 15 is 0 Å². The molecule has 0 radical (unpaired) electrons. The molecule has 1 atom stereocenters. The molecule has 1 unspecified atom stereocenters. The molecule has 0 aromatic heterocycles. The minimum absolute atomic E-state index is 0.353. The van der Waals surface area contributed by atoms with E-state index in [2.05, 4.69) is 0 Å². The lowest BCUT2D eigenvalue weighted by Gasteiger charge is -2.10. The normalized spacial score (nSPS) is 11.9. The van der Waals surface area contributed by atoms with Gasteiger partial charge in [0.1, 0.15) is 11.8 Å². The summed E-state index contributed by atoms with van der Waals surface area (Å²) in [5, 5.41) is 0.683. The van der Waals surface area contributed by atoms with Gasteiger partial charge >= 0.3 is 5.97 Å². The molecule has 1 aromatic rings. The second-order valence-electron chi connectivity index (χ2n) is 3.74.